The molecule has 3 aromatic carbocycles. The van der Waals surface area contributed by atoms with Crippen LogP contribution in [0.2, 0.25) is 0 Å². The van der Waals surface area contributed by atoms with E-state index >= 15 is 0 Å². The van der Waals surface area contributed by atoms with Crippen molar-refractivity contribution in [3.63, 3.8) is 0 Å². The van der Waals surface area contributed by atoms with E-state index in [-0.39, 0.29) is 5.56 Å². The summed E-state index contributed by atoms with van der Waals surface area (Å²) in [7, 11) is 0. The maximum atomic E-state index is 13.5. The molecule has 28 heavy (non-hydrogen) atoms. The lowest BCUT2D eigenvalue weighted by atomic mass is 10.2. The van der Waals surface area contributed by atoms with Gasteiger partial charge in [-0.05, 0) is 61.0 Å². The van der Waals surface area contributed by atoms with Crippen LogP contribution in [0.5, 0.6) is 11.5 Å². The Morgan fingerprint density at radius 2 is 1.61 bits per heavy atom. The van der Waals surface area contributed by atoms with Crippen LogP contribution in [0.4, 0.5) is 10.1 Å². The van der Waals surface area contributed by atoms with E-state index in [0.717, 1.165) is 0 Å². The van der Waals surface area contributed by atoms with Crippen molar-refractivity contribution in [3.8, 4) is 11.5 Å². The quantitative estimate of drug-likeness (QED) is 0.630. The van der Waals surface area contributed by atoms with Gasteiger partial charge in [0.2, 0.25) is 0 Å². The normalized spacial score (nSPS) is 10.2. The number of nitrogens with one attached hydrogen (secondary N) is 1. The summed E-state index contributed by atoms with van der Waals surface area (Å²) in [6, 6.07) is 20.0. The minimum atomic E-state index is -0.642. The van der Waals surface area contributed by atoms with E-state index in [1.54, 1.807) is 43.3 Å². The summed E-state index contributed by atoms with van der Waals surface area (Å²) in [6.07, 6.45) is 0. The van der Waals surface area contributed by atoms with Crippen molar-refractivity contribution in [2.24, 2.45) is 0 Å². The van der Waals surface area contributed by atoms with Gasteiger partial charge >= 0.3 is 5.97 Å². The summed E-state index contributed by atoms with van der Waals surface area (Å²) in [4.78, 5) is 23.9. The Hall–Kier alpha value is -3.67. The van der Waals surface area contributed by atoms with Crippen LogP contribution in [0.25, 0.3) is 0 Å². The molecule has 0 spiro atoms. The Kier molecular flexibility index (Phi) is 6.01. The highest BCUT2D eigenvalue weighted by atomic mass is 19.1. The number of amides is 1. The number of ether oxygens (including phenoxy) is 2. The van der Waals surface area contributed by atoms with Gasteiger partial charge in [0.05, 0.1) is 5.56 Å². The number of carbonyl (C=O) groups excluding carboxylic acids is 2. The fraction of sp³-hybridized carbons (Fsp3) is 0.0909. The molecule has 0 saturated carbocycles. The van der Waals surface area contributed by atoms with Gasteiger partial charge in [-0.2, -0.15) is 0 Å². The monoisotopic (exact) mass is 379 g/mol. The third kappa shape index (κ3) is 5.17. The number of halogens is 1. The minimum absolute atomic E-state index is 0.287. The molecule has 3 aromatic rings. The average Bonchev–Trinajstić information content (AvgIpc) is 2.70. The van der Waals surface area contributed by atoms with Gasteiger partial charge in [-0.3, -0.25) is 4.79 Å². The van der Waals surface area contributed by atoms with Crippen LogP contribution in [-0.4, -0.2) is 18.5 Å². The van der Waals surface area contributed by atoms with E-state index in [4.69, 9.17) is 9.47 Å². The lowest BCUT2D eigenvalue weighted by Crippen LogP contribution is -2.21. The van der Waals surface area contributed by atoms with Crippen molar-refractivity contribution in [3.05, 3.63) is 89.7 Å². The van der Waals surface area contributed by atoms with E-state index in [1.165, 1.54) is 6.07 Å². The highest BCUT2D eigenvalue weighted by Crippen LogP contribution is 2.21. The number of rotatable bonds is 6. The Bertz CT molecular complexity index is 972. The molecule has 6 heteroatoms. The summed E-state index contributed by atoms with van der Waals surface area (Å²) in [5.74, 6) is -0.367. The maximum absolute atomic E-state index is 13.5. The van der Waals surface area contributed by atoms with Crippen LogP contribution in [0.1, 0.15) is 15.9 Å². The van der Waals surface area contributed by atoms with Gasteiger partial charge < -0.3 is 14.8 Å². The fourth-order valence-corrected chi connectivity index (χ4v) is 2.37. The van der Waals surface area contributed by atoms with Crippen LogP contribution < -0.4 is 10.1 Å². The van der Waals surface area contributed by atoms with E-state index in [9.17, 15) is 14.0 Å². The van der Waals surface area contributed by atoms with E-state index in [0.29, 0.717) is 22.7 Å². The second-order valence-corrected chi connectivity index (χ2v) is 6.03. The molecule has 3 rings (SSSR count). The number of aryl methyl sites for hydroxylation is 1. The number of hydrogen-bond donors (Lipinski definition) is 1. The molecule has 0 radical (unpaired) electrons. The second-order valence-electron chi connectivity index (χ2n) is 6.03. The van der Waals surface area contributed by atoms with Crippen molar-refractivity contribution in [2.45, 2.75) is 6.92 Å². The molecule has 0 aliphatic carbocycles. The predicted molar refractivity (Wildman–Crippen MR) is 103 cm³/mol. The van der Waals surface area contributed by atoms with E-state index in [1.807, 2.05) is 30.3 Å². The zero-order valence-corrected chi connectivity index (χ0v) is 15.1. The molecule has 0 atom stereocenters. The second kappa shape index (κ2) is 8.81. The van der Waals surface area contributed by atoms with Crippen molar-refractivity contribution in [2.75, 3.05) is 11.9 Å². The summed E-state index contributed by atoms with van der Waals surface area (Å²) in [6.45, 7) is 1.15. The van der Waals surface area contributed by atoms with Crippen molar-refractivity contribution < 1.29 is 23.5 Å². The van der Waals surface area contributed by atoms with Crippen LogP contribution in [0.3, 0.4) is 0 Å². The Morgan fingerprint density at radius 1 is 0.929 bits per heavy atom. The molecule has 0 heterocycles. The third-order valence-corrected chi connectivity index (χ3v) is 3.86. The zero-order valence-electron chi connectivity index (χ0n) is 15.1. The van der Waals surface area contributed by atoms with Crippen LogP contribution in [0.15, 0.2) is 72.8 Å². The molecule has 0 aromatic heterocycles. The maximum Gasteiger partial charge on any atom is 0.338 e. The third-order valence-electron chi connectivity index (χ3n) is 3.86. The van der Waals surface area contributed by atoms with Crippen LogP contribution in [0, 0.1) is 12.7 Å². The smallest absolute Gasteiger partial charge is 0.338 e. The van der Waals surface area contributed by atoms with Gasteiger partial charge in [0.1, 0.15) is 17.3 Å². The largest absolute Gasteiger partial charge is 0.457 e. The molecule has 0 unspecified atom stereocenters. The molecular weight excluding hydrogens is 361 g/mol. The molecule has 1 amide bonds. The summed E-state index contributed by atoms with van der Waals surface area (Å²) in [5, 5.41) is 2.48. The molecule has 0 saturated heterocycles. The first-order chi connectivity index (χ1) is 13.5. The lowest BCUT2D eigenvalue weighted by Gasteiger charge is -2.08. The van der Waals surface area contributed by atoms with Gasteiger partial charge in [-0.15, -0.1) is 0 Å². The number of esters is 1. The summed E-state index contributed by atoms with van der Waals surface area (Å²) < 4.78 is 24.1. The van der Waals surface area contributed by atoms with Crippen molar-refractivity contribution >= 4 is 17.6 Å². The van der Waals surface area contributed by atoms with Crippen molar-refractivity contribution in [1.29, 1.82) is 0 Å². The molecule has 1 N–H and O–H groups in total. The van der Waals surface area contributed by atoms with E-state index in [2.05, 4.69) is 5.32 Å². The topological polar surface area (TPSA) is 64.6 Å². The first-order valence-corrected chi connectivity index (χ1v) is 8.57. The molecule has 0 fully saturated rings. The zero-order chi connectivity index (χ0) is 19.9. The van der Waals surface area contributed by atoms with Gasteiger partial charge in [-0.25, -0.2) is 9.18 Å². The van der Waals surface area contributed by atoms with Gasteiger partial charge in [-0.1, -0.05) is 24.3 Å². The number of carbonyl (C=O) groups is 2. The molecule has 0 aliphatic heterocycles. The SMILES string of the molecule is Cc1ccc(NC(=O)COC(=O)c2ccc(Oc3ccccc3)cc2)cc1F. The average molecular weight is 379 g/mol. The predicted octanol–water partition coefficient (Wildman–Crippen LogP) is 4.72. The highest BCUT2D eigenvalue weighted by Gasteiger charge is 2.11. The molecule has 0 bridgehead atoms. The standard InChI is InChI=1S/C22H18FNO4/c1-15-7-10-17(13-20(15)23)24-21(25)14-27-22(26)16-8-11-19(12-9-16)28-18-5-3-2-4-6-18/h2-13H,14H2,1H3,(H,24,25). The van der Waals surface area contributed by atoms with Crippen LogP contribution >= 0.6 is 0 Å². The van der Waals surface area contributed by atoms with Gasteiger partial charge in [0.15, 0.2) is 6.61 Å². The Morgan fingerprint density at radius 3 is 2.29 bits per heavy atom. The minimum Gasteiger partial charge on any atom is -0.457 e. The molecule has 5 nitrogen and oxygen atoms in total. The number of benzene rings is 3. The summed E-state index contributed by atoms with van der Waals surface area (Å²) in [5.41, 5.74) is 1.06. The highest BCUT2D eigenvalue weighted by molar-refractivity contribution is 5.95. The molecular formula is C22H18FNO4. The fourth-order valence-electron chi connectivity index (χ4n) is 2.37. The Labute approximate surface area is 161 Å². The van der Waals surface area contributed by atoms with Crippen molar-refractivity contribution in [1.82, 2.24) is 0 Å². The number of hydrogen-bond acceptors (Lipinski definition) is 4. The first-order valence-electron chi connectivity index (χ1n) is 8.57. The van der Waals surface area contributed by atoms with Crippen LogP contribution in [-0.2, 0) is 9.53 Å². The number of anilines is 1. The first kappa shape index (κ1) is 19.1. The molecule has 0 aliphatic rings. The summed E-state index contributed by atoms with van der Waals surface area (Å²) >= 11 is 0. The lowest BCUT2D eigenvalue weighted by molar-refractivity contribution is -0.119. The molecule has 142 valence electrons. The van der Waals surface area contributed by atoms with E-state index < -0.39 is 24.3 Å². The van der Waals surface area contributed by atoms with Gasteiger partial charge in [0, 0.05) is 5.69 Å². The Balaban J connectivity index is 1.51. The number of para-hydroxylation sites is 1. The van der Waals surface area contributed by atoms with Gasteiger partial charge in [0.25, 0.3) is 5.91 Å².